The second-order valence-corrected chi connectivity index (χ2v) is 5.91. The molecule has 0 fully saturated rings. The number of methoxy groups -OCH3 is 1. The average Bonchev–Trinajstić information content (AvgIpc) is 2.56. The summed E-state index contributed by atoms with van der Waals surface area (Å²) < 4.78 is 5.05. The van der Waals surface area contributed by atoms with Crippen LogP contribution in [0.5, 0.6) is 5.75 Å². The predicted molar refractivity (Wildman–Crippen MR) is 95.0 cm³/mol. The lowest BCUT2D eigenvalue weighted by molar-refractivity contribution is -0.116. The van der Waals surface area contributed by atoms with Crippen LogP contribution in [-0.4, -0.2) is 37.4 Å². The molecule has 0 bridgehead atoms. The van der Waals surface area contributed by atoms with E-state index in [0.29, 0.717) is 27.0 Å². The van der Waals surface area contributed by atoms with E-state index in [2.05, 4.69) is 5.32 Å². The fourth-order valence-electron chi connectivity index (χ4n) is 2.02. The Bertz CT molecular complexity index is 748. The molecule has 0 aromatic heterocycles. The Labute approximate surface area is 150 Å². The van der Waals surface area contributed by atoms with Gasteiger partial charge in [-0.1, -0.05) is 23.2 Å². The molecule has 0 radical (unpaired) electrons. The van der Waals surface area contributed by atoms with Gasteiger partial charge in [-0.3, -0.25) is 9.59 Å². The van der Waals surface area contributed by atoms with Gasteiger partial charge in [0.05, 0.1) is 24.4 Å². The Balaban J connectivity index is 1.98. The van der Waals surface area contributed by atoms with E-state index >= 15 is 0 Å². The molecule has 7 heteroatoms. The summed E-state index contributed by atoms with van der Waals surface area (Å²) in [4.78, 5) is 25.7. The van der Waals surface area contributed by atoms with Gasteiger partial charge < -0.3 is 15.0 Å². The molecule has 126 valence electrons. The number of carbonyl (C=O) groups is 2. The minimum Gasteiger partial charge on any atom is -0.497 e. The molecule has 2 rings (SSSR count). The largest absolute Gasteiger partial charge is 0.497 e. The van der Waals surface area contributed by atoms with Crippen LogP contribution < -0.4 is 10.1 Å². The van der Waals surface area contributed by atoms with Gasteiger partial charge in [-0.25, -0.2) is 0 Å². The Morgan fingerprint density at radius 3 is 2.38 bits per heavy atom. The lowest BCUT2D eigenvalue weighted by Crippen LogP contribution is -2.34. The fourth-order valence-corrected chi connectivity index (χ4v) is 2.48. The van der Waals surface area contributed by atoms with Gasteiger partial charge in [0.1, 0.15) is 5.75 Å². The maximum atomic E-state index is 12.3. The third-order valence-corrected chi connectivity index (χ3v) is 3.82. The maximum absolute atomic E-state index is 12.3. The molecule has 0 aliphatic carbocycles. The van der Waals surface area contributed by atoms with E-state index in [1.54, 1.807) is 50.6 Å². The average molecular weight is 367 g/mol. The van der Waals surface area contributed by atoms with Gasteiger partial charge >= 0.3 is 0 Å². The van der Waals surface area contributed by atoms with Crippen molar-refractivity contribution in [3.63, 3.8) is 0 Å². The molecule has 0 heterocycles. The molecular weight excluding hydrogens is 351 g/mol. The summed E-state index contributed by atoms with van der Waals surface area (Å²) in [5.41, 5.74) is 0.909. The van der Waals surface area contributed by atoms with Crippen LogP contribution in [0.2, 0.25) is 10.0 Å². The van der Waals surface area contributed by atoms with Gasteiger partial charge in [-0.05, 0) is 42.5 Å². The van der Waals surface area contributed by atoms with Gasteiger partial charge in [0.25, 0.3) is 5.91 Å². The molecule has 0 atom stereocenters. The summed E-state index contributed by atoms with van der Waals surface area (Å²) >= 11 is 11.8. The Hall–Kier alpha value is -2.24. The van der Waals surface area contributed by atoms with Crippen LogP contribution in [0.4, 0.5) is 5.69 Å². The number of hydrogen-bond donors (Lipinski definition) is 1. The van der Waals surface area contributed by atoms with Crippen molar-refractivity contribution >= 4 is 40.7 Å². The van der Waals surface area contributed by atoms with Crippen LogP contribution in [0, 0.1) is 0 Å². The summed E-state index contributed by atoms with van der Waals surface area (Å²) in [6.07, 6.45) is 0. The van der Waals surface area contributed by atoms with Gasteiger partial charge in [-0.2, -0.15) is 0 Å². The number of anilines is 1. The van der Waals surface area contributed by atoms with Crippen molar-refractivity contribution in [2.75, 3.05) is 26.0 Å². The summed E-state index contributed by atoms with van der Waals surface area (Å²) in [5, 5.41) is 3.46. The second kappa shape index (κ2) is 8.04. The first-order chi connectivity index (χ1) is 11.4. The van der Waals surface area contributed by atoms with E-state index in [0.717, 1.165) is 0 Å². The van der Waals surface area contributed by atoms with E-state index in [9.17, 15) is 9.59 Å². The summed E-state index contributed by atoms with van der Waals surface area (Å²) in [7, 11) is 3.10. The van der Waals surface area contributed by atoms with E-state index in [1.807, 2.05) is 0 Å². The Morgan fingerprint density at radius 2 is 1.79 bits per heavy atom. The van der Waals surface area contributed by atoms with E-state index in [-0.39, 0.29) is 18.4 Å². The van der Waals surface area contributed by atoms with Crippen LogP contribution >= 0.6 is 23.2 Å². The summed E-state index contributed by atoms with van der Waals surface area (Å²) in [6.45, 7) is -0.107. The monoisotopic (exact) mass is 366 g/mol. The van der Waals surface area contributed by atoms with Crippen molar-refractivity contribution < 1.29 is 14.3 Å². The summed E-state index contributed by atoms with van der Waals surface area (Å²) in [5.74, 6) is 0.0305. The van der Waals surface area contributed by atoms with Crippen LogP contribution in [-0.2, 0) is 4.79 Å². The van der Waals surface area contributed by atoms with Crippen molar-refractivity contribution in [1.82, 2.24) is 4.90 Å². The second-order valence-electron chi connectivity index (χ2n) is 5.06. The Morgan fingerprint density at radius 1 is 1.12 bits per heavy atom. The zero-order chi connectivity index (χ0) is 17.7. The number of halogens is 2. The zero-order valence-electron chi connectivity index (χ0n) is 13.2. The molecule has 2 aromatic carbocycles. The van der Waals surface area contributed by atoms with E-state index in [1.165, 1.54) is 11.0 Å². The topological polar surface area (TPSA) is 58.6 Å². The highest BCUT2D eigenvalue weighted by atomic mass is 35.5. The van der Waals surface area contributed by atoms with Gasteiger partial charge in [0, 0.05) is 17.6 Å². The van der Waals surface area contributed by atoms with Crippen LogP contribution in [0.25, 0.3) is 0 Å². The smallest absolute Gasteiger partial charge is 0.254 e. The summed E-state index contributed by atoms with van der Waals surface area (Å²) in [6, 6.07) is 11.4. The lowest BCUT2D eigenvalue weighted by atomic mass is 10.2. The molecule has 5 nitrogen and oxygen atoms in total. The van der Waals surface area contributed by atoms with Crippen LogP contribution in [0.15, 0.2) is 42.5 Å². The van der Waals surface area contributed by atoms with Gasteiger partial charge in [0.15, 0.2) is 0 Å². The van der Waals surface area contributed by atoms with E-state index in [4.69, 9.17) is 27.9 Å². The zero-order valence-corrected chi connectivity index (χ0v) is 14.7. The molecule has 0 aliphatic rings. The molecule has 0 saturated heterocycles. The molecule has 24 heavy (non-hydrogen) atoms. The first-order valence-corrected chi connectivity index (χ1v) is 7.80. The molecule has 1 N–H and O–H groups in total. The minimum absolute atomic E-state index is 0.107. The molecular formula is C17H16Cl2N2O3. The SMILES string of the molecule is COc1ccc(C(=O)N(C)CC(=O)Nc2ccc(Cl)cc2Cl)cc1. The molecule has 2 amide bonds. The highest BCUT2D eigenvalue weighted by Crippen LogP contribution is 2.25. The predicted octanol–water partition coefficient (Wildman–Crippen LogP) is 3.71. The normalized spacial score (nSPS) is 10.2. The number of nitrogens with zero attached hydrogens (tertiary/aromatic N) is 1. The molecule has 0 unspecified atom stereocenters. The first-order valence-electron chi connectivity index (χ1n) is 7.05. The number of rotatable bonds is 5. The number of ether oxygens (including phenoxy) is 1. The highest BCUT2D eigenvalue weighted by Gasteiger charge is 2.16. The quantitative estimate of drug-likeness (QED) is 0.877. The maximum Gasteiger partial charge on any atom is 0.254 e. The van der Waals surface area contributed by atoms with Crippen molar-refractivity contribution in [3.05, 3.63) is 58.1 Å². The number of hydrogen-bond acceptors (Lipinski definition) is 3. The van der Waals surface area contributed by atoms with Crippen LogP contribution in [0.1, 0.15) is 10.4 Å². The number of amides is 2. The third-order valence-electron chi connectivity index (χ3n) is 3.27. The van der Waals surface area contributed by atoms with Crippen molar-refractivity contribution in [2.45, 2.75) is 0 Å². The molecule has 2 aromatic rings. The fraction of sp³-hybridized carbons (Fsp3) is 0.176. The number of nitrogens with one attached hydrogen (secondary N) is 1. The van der Waals surface area contributed by atoms with Crippen LogP contribution in [0.3, 0.4) is 0 Å². The Kier molecular flexibility index (Phi) is 6.06. The number of likely N-dealkylation sites (N-methyl/N-ethyl adjacent to an activating group) is 1. The van der Waals surface area contributed by atoms with E-state index < -0.39 is 0 Å². The molecule has 0 saturated carbocycles. The third kappa shape index (κ3) is 4.63. The lowest BCUT2D eigenvalue weighted by Gasteiger charge is -2.17. The number of benzene rings is 2. The number of carbonyl (C=O) groups excluding carboxylic acids is 2. The first kappa shape index (κ1) is 18.1. The highest BCUT2D eigenvalue weighted by molar-refractivity contribution is 6.36. The molecule has 0 spiro atoms. The van der Waals surface area contributed by atoms with Gasteiger partial charge in [0.2, 0.25) is 5.91 Å². The van der Waals surface area contributed by atoms with Crippen molar-refractivity contribution in [3.8, 4) is 5.75 Å². The van der Waals surface area contributed by atoms with Crippen molar-refractivity contribution in [1.29, 1.82) is 0 Å². The standard InChI is InChI=1S/C17H16Cl2N2O3/c1-21(17(23)11-3-6-13(24-2)7-4-11)10-16(22)20-15-8-5-12(18)9-14(15)19/h3-9H,10H2,1-2H3,(H,20,22). The minimum atomic E-state index is -0.358. The van der Waals surface area contributed by atoms with Gasteiger partial charge in [-0.15, -0.1) is 0 Å². The molecule has 0 aliphatic heterocycles. The van der Waals surface area contributed by atoms with Crippen molar-refractivity contribution in [2.24, 2.45) is 0 Å².